The predicted octanol–water partition coefficient (Wildman–Crippen LogP) is 5.61. The van der Waals surface area contributed by atoms with Crippen molar-refractivity contribution in [1.29, 1.82) is 0 Å². The van der Waals surface area contributed by atoms with Crippen LogP contribution in [0.25, 0.3) is 5.69 Å². The molecule has 0 saturated carbocycles. The Morgan fingerprint density at radius 3 is 2.46 bits per heavy atom. The van der Waals surface area contributed by atoms with E-state index >= 15 is 0 Å². The molecule has 2 N–H and O–H groups in total. The van der Waals surface area contributed by atoms with Crippen LogP contribution in [0.4, 0.5) is 29.7 Å². The number of aromatic nitrogens is 4. The van der Waals surface area contributed by atoms with Gasteiger partial charge < -0.3 is 24.8 Å². The lowest BCUT2D eigenvalue weighted by Gasteiger charge is -2.39. The van der Waals surface area contributed by atoms with Crippen molar-refractivity contribution in [3.63, 3.8) is 0 Å². The second-order valence-electron chi connectivity index (χ2n) is 12.9. The highest BCUT2D eigenvalue weighted by atomic mass is 19.4. The number of alkyl halides is 3. The number of esters is 1. The van der Waals surface area contributed by atoms with Crippen molar-refractivity contribution in [1.82, 2.24) is 24.6 Å². The summed E-state index contributed by atoms with van der Waals surface area (Å²) < 4.78 is 61.7. The van der Waals surface area contributed by atoms with E-state index < -0.39 is 41.7 Å². The number of hydrogen-bond donors (Lipinski definition) is 1. The molecule has 2 fully saturated rings. The molecule has 2 saturated heterocycles. The molecule has 2 aromatic carbocycles. The molecule has 2 atom stereocenters. The number of likely N-dealkylation sites (tertiary alicyclic amines) is 1. The molecule has 4 aromatic rings. The van der Waals surface area contributed by atoms with Gasteiger partial charge in [0.1, 0.15) is 24.8 Å². The second-order valence-corrected chi connectivity index (χ2v) is 12.9. The van der Waals surface area contributed by atoms with Crippen LogP contribution in [0.15, 0.2) is 66.9 Å². The maximum atomic E-state index is 14.7. The Balaban J connectivity index is 1.19. The van der Waals surface area contributed by atoms with Gasteiger partial charge in [-0.05, 0) is 56.2 Å². The van der Waals surface area contributed by atoms with Crippen molar-refractivity contribution >= 4 is 30.1 Å². The third-order valence-electron chi connectivity index (χ3n) is 9.34. The summed E-state index contributed by atoms with van der Waals surface area (Å²) >= 11 is 0. The van der Waals surface area contributed by atoms with E-state index in [4.69, 9.17) is 19.9 Å². The highest BCUT2D eigenvalue weighted by molar-refractivity contribution is 5.82. The van der Waals surface area contributed by atoms with Gasteiger partial charge in [0.2, 0.25) is 17.9 Å². The van der Waals surface area contributed by atoms with Gasteiger partial charge in [0.05, 0.1) is 18.0 Å². The lowest BCUT2D eigenvalue weighted by Crippen LogP contribution is -2.43. The summed E-state index contributed by atoms with van der Waals surface area (Å²) in [5.41, 5.74) is 6.82. The molecule has 2 aliphatic heterocycles. The third-order valence-corrected chi connectivity index (χ3v) is 9.34. The number of aryl methyl sites for hydroxylation is 1. The highest BCUT2D eigenvalue weighted by Crippen LogP contribution is 2.45. The van der Waals surface area contributed by atoms with E-state index in [1.165, 1.54) is 40.0 Å². The standard InChI is InChI=1S/C36H38F3N7O6/c1-3-50-32(48)28-19-35(22-45(28)34(49)51-21-24-7-5-4-6-8-24)12-15-44(16-13-35)29-18-30(42-33(40)41-29)52-31(36(37,38)39)26-10-9-25(20-47)17-27(26)46-14-11-23(2)43-46/h4-11,14,17-18,20,28,31H,3,12-13,15-16,19,21-22H2,1-2H3,(H2,40,41,42)/t28-,31+/m0/s1. The number of benzene rings is 2. The Morgan fingerprint density at radius 1 is 1.06 bits per heavy atom. The molecule has 52 heavy (non-hydrogen) atoms. The van der Waals surface area contributed by atoms with Crippen LogP contribution in [-0.4, -0.2) is 81.5 Å². The quantitative estimate of drug-likeness (QED) is 0.161. The number of piperidine rings is 1. The first kappa shape index (κ1) is 36.1. The monoisotopic (exact) mass is 721 g/mol. The number of hydrogen-bond acceptors (Lipinski definition) is 11. The number of ether oxygens (including phenoxy) is 3. The molecule has 0 unspecified atom stereocenters. The number of aldehydes is 1. The number of carbonyl (C=O) groups is 3. The van der Waals surface area contributed by atoms with E-state index in [1.807, 2.05) is 35.2 Å². The van der Waals surface area contributed by atoms with Crippen LogP contribution < -0.4 is 15.4 Å². The van der Waals surface area contributed by atoms with Crippen LogP contribution in [0.2, 0.25) is 0 Å². The van der Waals surface area contributed by atoms with Crippen molar-refractivity contribution < 1.29 is 41.8 Å². The number of carbonyl (C=O) groups excluding carboxylic acids is 3. The Kier molecular flexibility index (Phi) is 10.4. The molecule has 16 heteroatoms. The molecule has 274 valence electrons. The molecule has 1 amide bonds. The lowest BCUT2D eigenvalue weighted by molar-refractivity contribution is -0.198. The van der Waals surface area contributed by atoms with Crippen LogP contribution in [0.1, 0.15) is 59.5 Å². The lowest BCUT2D eigenvalue weighted by atomic mass is 9.76. The summed E-state index contributed by atoms with van der Waals surface area (Å²) in [6, 6.07) is 15.1. The van der Waals surface area contributed by atoms with Gasteiger partial charge in [-0.2, -0.15) is 28.2 Å². The first-order valence-corrected chi connectivity index (χ1v) is 16.8. The Hall–Kier alpha value is -5.67. The first-order chi connectivity index (χ1) is 24.9. The van der Waals surface area contributed by atoms with E-state index in [-0.39, 0.29) is 48.3 Å². The zero-order valence-electron chi connectivity index (χ0n) is 28.6. The van der Waals surface area contributed by atoms with Crippen LogP contribution >= 0.6 is 0 Å². The molecule has 2 aliphatic rings. The van der Waals surface area contributed by atoms with Crippen LogP contribution in [0.5, 0.6) is 5.88 Å². The topological polar surface area (TPSA) is 155 Å². The van der Waals surface area contributed by atoms with Gasteiger partial charge in [0, 0.05) is 43.0 Å². The fourth-order valence-electron chi connectivity index (χ4n) is 6.76. The molecular formula is C36H38F3N7O6. The van der Waals surface area contributed by atoms with Crippen molar-refractivity contribution in [2.24, 2.45) is 5.41 Å². The Morgan fingerprint density at radius 2 is 1.81 bits per heavy atom. The fourth-order valence-corrected chi connectivity index (χ4v) is 6.76. The fraction of sp³-hybridized carbons (Fsp3) is 0.389. The predicted molar refractivity (Wildman–Crippen MR) is 182 cm³/mol. The molecule has 4 heterocycles. The van der Waals surface area contributed by atoms with E-state index in [9.17, 15) is 27.6 Å². The highest BCUT2D eigenvalue weighted by Gasteiger charge is 2.51. The van der Waals surface area contributed by atoms with E-state index in [1.54, 1.807) is 19.9 Å². The molecule has 0 bridgehead atoms. The zero-order valence-corrected chi connectivity index (χ0v) is 28.6. The first-order valence-electron chi connectivity index (χ1n) is 16.8. The summed E-state index contributed by atoms with van der Waals surface area (Å²) in [4.78, 5) is 49.3. The summed E-state index contributed by atoms with van der Waals surface area (Å²) in [7, 11) is 0. The number of anilines is 2. The van der Waals surface area contributed by atoms with Gasteiger partial charge in [0.15, 0.2) is 0 Å². The maximum Gasteiger partial charge on any atom is 0.429 e. The van der Waals surface area contributed by atoms with Crippen molar-refractivity contribution in [3.8, 4) is 11.6 Å². The summed E-state index contributed by atoms with van der Waals surface area (Å²) in [5.74, 6) is -0.933. The molecule has 1 spiro atoms. The van der Waals surface area contributed by atoms with Gasteiger partial charge in [-0.3, -0.25) is 9.69 Å². The number of nitrogens with zero attached hydrogens (tertiary/aromatic N) is 6. The van der Waals surface area contributed by atoms with E-state index in [0.29, 0.717) is 44.3 Å². The average molecular weight is 722 g/mol. The number of rotatable bonds is 10. The van der Waals surface area contributed by atoms with Crippen LogP contribution in [0.3, 0.4) is 0 Å². The van der Waals surface area contributed by atoms with Gasteiger partial charge in [-0.1, -0.05) is 42.5 Å². The smallest absolute Gasteiger partial charge is 0.429 e. The number of nitrogens with two attached hydrogens (primary N) is 1. The van der Waals surface area contributed by atoms with Gasteiger partial charge in [0.25, 0.3) is 0 Å². The second kappa shape index (κ2) is 14.9. The van der Waals surface area contributed by atoms with E-state index in [0.717, 1.165) is 5.56 Å². The normalized spacial score (nSPS) is 17.5. The zero-order chi connectivity index (χ0) is 37.0. The maximum absolute atomic E-state index is 14.7. The molecule has 0 radical (unpaired) electrons. The molecule has 0 aliphatic carbocycles. The van der Waals surface area contributed by atoms with Crippen molar-refractivity contribution in [3.05, 3.63) is 89.2 Å². The summed E-state index contributed by atoms with van der Waals surface area (Å²) in [6.45, 7) is 4.67. The molecular weight excluding hydrogens is 683 g/mol. The van der Waals surface area contributed by atoms with E-state index in [2.05, 4.69) is 15.1 Å². The average Bonchev–Trinajstić information content (AvgIpc) is 3.73. The minimum atomic E-state index is -4.90. The number of halogens is 3. The van der Waals surface area contributed by atoms with Gasteiger partial charge in [-0.15, -0.1) is 0 Å². The third kappa shape index (κ3) is 7.95. The van der Waals surface area contributed by atoms with Gasteiger partial charge >= 0.3 is 18.2 Å². The summed E-state index contributed by atoms with van der Waals surface area (Å²) in [5, 5.41) is 4.24. The number of nitrogen functional groups attached to an aromatic ring is 1. The SMILES string of the molecule is CCOC(=O)[C@@H]1CC2(CCN(c3cc(O[C@H](c4ccc(C=O)cc4-n4ccc(C)n4)C(F)(F)F)nc(N)n3)CC2)CN1C(=O)OCc1ccccc1. The molecule has 6 rings (SSSR count). The summed E-state index contributed by atoms with van der Waals surface area (Å²) in [6.07, 6.45) is -4.55. The Bertz CT molecular complexity index is 1910. The minimum absolute atomic E-state index is 0.0132. The minimum Gasteiger partial charge on any atom is -0.464 e. The molecule has 2 aromatic heterocycles. The number of amides is 1. The van der Waals surface area contributed by atoms with Crippen LogP contribution in [0, 0.1) is 12.3 Å². The largest absolute Gasteiger partial charge is 0.464 e. The molecule has 13 nitrogen and oxygen atoms in total. The van der Waals surface area contributed by atoms with Crippen molar-refractivity contribution in [2.75, 3.05) is 36.9 Å². The van der Waals surface area contributed by atoms with Crippen molar-refractivity contribution in [2.45, 2.75) is 58.0 Å². The Labute approximate surface area is 297 Å². The van der Waals surface area contributed by atoms with Gasteiger partial charge in [-0.25, -0.2) is 14.3 Å². The van der Waals surface area contributed by atoms with Crippen LogP contribution in [-0.2, 0) is 20.9 Å².